The van der Waals surface area contributed by atoms with Gasteiger partial charge in [-0.1, -0.05) is 48.0 Å². The number of aryl methyl sites for hydroxylation is 1. The Morgan fingerprint density at radius 3 is 2.06 bits per heavy atom. The Morgan fingerprint density at radius 1 is 0.886 bits per heavy atom. The van der Waals surface area contributed by atoms with Gasteiger partial charge in [-0.05, 0) is 42.8 Å². The monoisotopic (exact) mass is 488 g/mol. The molecular weight excluding hydrogens is 465 g/mol. The molecule has 0 radical (unpaired) electrons. The van der Waals surface area contributed by atoms with Gasteiger partial charge in [-0.2, -0.15) is 13.2 Å². The van der Waals surface area contributed by atoms with E-state index in [1.807, 2.05) is 61.3 Å². The van der Waals surface area contributed by atoms with E-state index in [9.17, 15) is 27.9 Å². The van der Waals surface area contributed by atoms with Crippen LogP contribution in [0.1, 0.15) is 31.8 Å². The van der Waals surface area contributed by atoms with Crippen molar-refractivity contribution in [3.05, 3.63) is 95.1 Å². The second-order valence-corrected chi connectivity index (χ2v) is 7.51. The third-order valence-electron chi connectivity index (χ3n) is 4.69. The van der Waals surface area contributed by atoms with Crippen LogP contribution in [0.4, 0.5) is 24.5 Å². The number of carbonyl (C=O) groups excluding carboxylic acids is 1. The molecule has 10 heteroatoms. The van der Waals surface area contributed by atoms with E-state index in [-0.39, 0.29) is 11.5 Å². The molecule has 184 valence electrons. The molecule has 0 aromatic heterocycles. The normalized spacial score (nSPS) is 10.5. The van der Waals surface area contributed by atoms with Gasteiger partial charge in [0.1, 0.15) is 0 Å². The Morgan fingerprint density at radius 2 is 1.51 bits per heavy atom. The summed E-state index contributed by atoms with van der Waals surface area (Å²) in [6.07, 6.45) is -5.08. The summed E-state index contributed by atoms with van der Waals surface area (Å²) in [5.41, 5.74) is 3.95. The summed E-state index contributed by atoms with van der Waals surface area (Å²) < 4.78 is 31.7. The maximum absolute atomic E-state index is 12.7. The van der Waals surface area contributed by atoms with Crippen LogP contribution in [0.3, 0.4) is 0 Å². The zero-order valence-electron chi connectivity index (χ0n) is 18.8. The largest absolute Gasteiger partial charge is 0.490 e. The van der Waals surface area contributed by atoms with Crippen molar-refractivity contribution in [1.29, 1.82) is 0 Å². The second-order valence-electron chi connectivity index (χ2n) is 7.51. The van der Waals surface area contributed by atoms with Crippen LogP contribution in [0, 0.1) is 6.92 Å². The number of halogens is 3. The minimum Gasteiger partial charge on any atom is -0.478 e. The zero-order valence-corrected chi connectivity index (χ0v) is 18.8. The van der Waals surface area contributed by atoms with E-state index in [4.69, 9.17) is 9.90 Å². The van der Waals surface area contributed by atoms with Gasteiger partial charge < -0.3 is 20.4 Å². The van der Waals surface area contributed by atoms with Crippen molar-refractivity contribution < 1.29 is 37.8 Å². The molecule has 3 rings (SSSR count). The molecule has 0 fully saturated rings. The van der Waals surface area contributed by atoms with Gasteiger partial charge in [-0.25, -0.2) is 9.59 Å². The highest BCUT2D eigenvalue weighted by Gasteiger charge is 2.38. The number of nitrogens with zero attached hydrogens (tertiary/aromatic N) is 1. The molecule has 0 unspecified atom stereocenters. The summed E-state index contributed by atoms with van der Waals surface area (Å²) in [4.78, 5) is 35.0. The van der Waals surface area contributed by atoms with Gasteiger partial charge >= 0.3 is 18.1 Å². The Hall–Kier alpha value is -4.34. The van der Waals surface area contributed by atoms with E-state index in [2.05, 4.69) is 5.32 Å². The Kier molecular flexibility index (Phi) is 8.98. The van der Waals surface area contributed by atoms with Crippen molar-refractivity contribution in [3.63, 3.8) is 0 Å². The lowest BCUT2D eigenvalue weighted by atomic mass is 10.1. The molecule has 3 N–H and O–H groups in total. The van der Waals surface area contributed by atoms with Crippen LogP contribution in [0.2, 0.25) is 0 Å². The third-order valence-corrected chi connectivity index (χ3v) is 4.69. The molecule has 3 aromatic carbocycles. The molecule has 0 spiro atoms. The fraction of sp³-hybridized carbons (Fsp3) is 0.160. The number of anilines is 2. The first-order chi connectivity index (χ1) is 16.4. The van der Waals surface area contributed by atoms with Gasteiger partial charge in [0.2, 0.25) is 0 Å². The predicted molar refractivity (Wildman–Crippen MR) is 125 cm³/mol. The first-order valence-electron chi connectivity index (χ1n) is 10.2. The number of alkyl halides is 3. The van der Waals surface area contributed by atoms with Crippen molar-refractivity contribution >= 4 is 29.2 Å². The lowest BCUT2D eigenvalue weighted by Crippen LogP contribution is -2.21. The molecule has 0 atom stereocenters. The number of hydrogen-bond donors (Lipinski definition) is 3. The zero-order chi connectivity index (χ0) is 26.2. The molecule has 0 saturated heterocycles. The van der Waals surface area contributed by atoms with Crippen LogP contribution < -0.4 is 10.2 Å². The van der Waals surface area contributed by atoms with Gasteiger partial charge in [0, 0.05) is 19.2 Å². The maximum atomic E-state index is 12.7. The fourth-order valence-corrected chi connectivity index (χ4v) is 3.03. The molecule has 0 heterocycles. The number of amides is 1. The lowest BCUT2D eigenvalue weighted by Gasteiger charge is -2.23. The highest BCUT2D eigenvalue weighted by molar-refractivity contribution is 6.06. The second kappa shape index (κ2) is 11.7. The maximum Gasteiger partial charge on any atom is 0.490 e. The Balaban J connectivity index is 0.000000540. The summed E-state index contributed by atoms with van der Waals surface area (Å²) in [7, 11) is 1.91. The minimum absolute atomic E-state index is 0.122. The van der Waals surface area contributed by atoms with Crippen molar-refractivity contribution in [3.8, 4) is 0 Å². The number of aromatic carboxylic acids is 1. The predicted octanol–water partition coefficient (Wildman–Crippen LogP) is 5.22. The topological polar surface area (TPSA) is 107 Å². The third kappa shape index (κ3) is 8.18. The molecular formula is C25H23F3N2O5. The van der Waals surface area contributed by atoms with E-state index in [0.29, 0.717) is 17.8 Å². The van der Waals surface area contributed by atoms with Gasteiger partial charge in [0.25, 0.3) is 5.91 Å². The molecule has 0 saturated carbocycles. The van der Waals surface area contributed by atoms with Crippen molar-refractivity contribution in [2.75, 3.05) is 17.3 Å². The highest BCUT2D eigenvalue weighted by atomic mass is 19.4. The first kappa shape index (κ1) is 26.9. The number of rotatable bonds is 6. The smallest absolute Gasteiger partial charge is 0.478 e. The first-order valence-corrected chi connectivity index (χ1v) is 10.2. The van der Waals surface area contributed by atoms with Crippen LogP contribution in [-0.4, -0.2) is 41.3 Å². The SMILES string of the molecule is Cc1cccc(C(=O)Nc2cc(C(=O)O)ccc2N(C)Cc2ccccc2)c1.O=C(O)C(F)(F)F. The molecule has 3 aromatic rings. The van der Waals surface area contributed by atoms with Gasteiger partial charge in [-0.15, -0.1) is 0 Å². The van der Waals surface area contributed by atoms with Crippen LogP contribution in [0.5, 0.6) is 0 Å². The Bertz CT molecular complexity index is 1200. The summed E-state index contributed by atoms with van der Waals surface area (Å²) in [6.45, 7) is 2.54. The summed E-state index contributed by atoms with van der Waals surface area (Å²) in [5.74, 6) is -4.07. The average Bonchev–Trinajstić information content (AvgIpc) is 2.79. The van der Waals surface area contributed by atoms with E-state index in [1.54, 1.807) is 24.3 Å². The summed E-state index contributed by atoms with van der Waals surface area (Å²) in [6, 6.07) is 22.0. The number of benzene rings is 3. The standard InChI is InChI=1S/C23H22N2O3.C2HF3O2/c1-16-7-6-10-18(13-16)22(26)24-20-14-19(23(27)28)11-12-21(20)25(2)15-17-8-4-3-5-9-17;3-2(4,5)1(6)7/h3-14H,15H2,1-2H3,(H,24,26)(H,27,28);(H,6,7). The van der Waals surface area contributed by atoms with Crippen molar-refractivity contribution in [2.24, 2.45) is 0 Å². The Labute approximate surface area is 199 Å². The minimum atomic E-state index is -5.08. The number of carboxylic acids is 2. The number of hydrogen-bond acceptors (Lipinski definition) is 4. The van der Waals surface area contributed by atoms with Crippen LogP contribution in [-0.2, 0) is 11.3 Å². The molecule has 0 aliphatic carbocycles. The van der Waals surface area contributed by atoms with Crippen LogP contribution in [0.25, 0.3) is 0 Å². The van der Waals surface area contributed by atoms with E-state index in [1.165, 1.54) is 6.07 Å². The number of aliphatic carboxylic acids is 1. The molecule has 0 bridgehead atoms. The molecule has 0 aliphatic heterocycles. The van der Waals surface area contributed by atoms with Crippen LogP contribution in [0.15, 0.2) is 72.8 Å². The number of carboxylic acid groups (broad SMARTS) is 2. The van der Waals surface area contributed by atoms with E-state index in [0.717, 1.165) is 16.8 Å². The fourth-order valence-electron chi connectivity index (χ4n) is 3.03. The quantitative estimate of drug-likeness (QED) is 0.440. The molecule has 7 nitrogen and oxygen atoms in total. The average molecular weight is 488 g/mol. The molecule has 35 heavy (non-hydrogen) atoms. The van der Waals surface area contributed by atoms with Gasteiger partial charge in [-0.3, -0.25) is 4.79 Å². The number of nitrogens with one attached hydrogen (secondary N) is 1. The van der Waals surface area contributed by atoms with Gasteiger partial charge in [0.05, 0.1) is 16.9 Å². The lowest BCUT2D eigenvalue weighted by molar-refractivity contribution is -0.192. The highest BCUT2D eigenvalue weighted by Crippen LogP contribution is 2.28. The van der Waals surface area contributed by atoms with Crippen molar-refractivity contribution in [1.82, 2.24) is 0 Å². The van der Waals surface area contributed by atoms with Crippen molar-refractivity contribution in [2.45, 2.75) is 19.6 Å². The van der Waals surface area contributed by atoms with Gasteiger partial charge in [0.15, 0.2) is 0 Å². The van der Waals surface area contributed by atoms with E-state index >= 15 is 0 Å². The summed E-state index contributed by atoms with van der Waals surface area (Å²) in [5, 5.41) is 19.3. The van der Waals surface area contributed by atoms with Crippen LogP contribution >= 0.6 is 0 Å². The molecule has 1 amide bonds. The summed E-state index contributed by atoms with van der Waals surface area (Å²) >= 11 is 0. The molecule has 0 aliphatic rings. The van der Waals surface area contributed by atoms with E-state index < -0.39 is 18.1 Å². The number of carbonyl (C=O) groups is 3.